The molecule has 0 aliphatic heterocycles. The van der Waals surface area contributed by atoms with Crippen LogP contribution in [-0.4, -0.2) is 11.6 Å². The molecule has 9 rings (SSSR count). The maximum absolute atomic E-state index is 13.9. The summed E-state index contributed by atoms with van der Waals surface area (Å²) in [5.74, 6) is 4.67. The maximum atomic E-state index is 13.9. The van der Waals surface area contributed by atoms with Crippen molar-refractivity contribution in [3.63, 3.8) is 0 Å². The van der Waals surface area contributed by atoms with Crippen LogP contribution in [0.25, 0.3) is 0 Å². The Balaban J connectivity index is 1.42. The number of Topliss-reactive ketones (excluding diaryl/α,β-unsaturated/α-hetero) is 2. The average Bonchev–Trinajstić information content (AvgIpc) is 3.34. The van der Waals surface area contributed by atoms with Gasteiger partial charge in [-0.3, -0.25) is 9.59 Å². The number of hydrogen-bond donors (Lipinski definition) is 0. The molecule has 0 amide bonds. The van der Waals surface area contributed by atoms with Gasteiger partial charge in [-0.25, -0.2) is 0 Å². The first-order valence-electron chi connectivity index (χ1n) is 10.7. The van der Waals surface area contributed by atoms with E-state index in [1.807, 2.05) is 0 Å². The Morgan fingerprint density at radius 2 is 1.69 bits per heavy atom. The summed E-state index contributed by atoms with van der Waals surface area (Å²) in [6.45, 7) is 2.24. The molecular formula is C24H26O2. The van der Waals surface area contributed by atoms with Crippen LogP contribution in [0.15, 0.2) is 36.5 Å². The van der Waals surface area contributed by atoms with Crippen molar-refractivity contribution in [1.82, 2.24) is 0 Å². The molecule has 6 bridgehead atoms. The van der Waals surface area contributed by atoms with Gasteiger partial charge in [0.1, 0.15) is 11.6 Å². The SMILES string of the molecule is CC12CC3(C(=O)C4C=CC3C3CC=CC43)C3CC(C1=O)C1C=CCC1C32. The van der Waals surface area contributed by atoms with Crippen LogP contribution in [-0.2, 0) is 9.59 Å². The molecule has 5 fully saturated rings. The van der Waals surface area contributed by atoms with Crippen molar-refractivity contribution >= 4 is 11.6 Å². The molecule has 0 saturated heterocycles. The minimum absolute atomic E-state index is 0.0813. The van der Waals surface area contributed by atoms with Crippen molar-refractivity contribution in [2.75, 3.05) is 0 Å². The Morgan fingerprint density at radius 1 is 0.923 bits per heavy atom. The first-order valence-corrected chi connectivity index (χ1v) is 10.7. The van der Waals surface area contributed by atoms with E-state index in [0.717, 1.165) is 25.7 Å². The molecule has 11 unspecified atom stereocenters. The minimum atomic E-state index is -0.247. The van der Waals surface area contributed by atoms with Crippen LogP contribution in [0.3, 0.4) is 0 Å². The maximum Gasteiger partial charge on any atom is 0.147 e. The average molecular weight is 346 g/mol. The fourth-order valence-electron chi connectivity index (χ4n) is 9.55. The topological polar surface area (TPSA) is 34.1 Å². The molecule has 9 aliphatic carbocycles. The van der Waals surface area contributed by atoms with Crippen LogP contribution in [0.5, 0.6) is 0 Å². The first kappa shape index (κ1) is 14.6. The standard InChI is InChI=1S/C24H26O2/c1-23-11-24(18-9-8-16(22(24)26)12-4-2-6-14(12)18)19-10-17(21(23)25)13-5-3-7-15(13)20(19)23/h2-5,8-9,12-20H,6-7,10-11H2,1H3. The third kappa shape index (κ3) is 1.25. The minimum Gasteiger partial charge on any atom is -0.299 e. The van der Waals surface area contributed by atoms with Crippen molar-refractivity contribution in [2.24, 2.45) is 64.1 Å². The molecule has 0 radical (unpaired) electrons. The summed E-state index contributed by atoms with van der Waals surface area (Å²) >= 11 is 0. The van der Waals surface area contributed by atoms with Gasteiger partial charge in [-0.15, -0.1) is 0 Å². The number of rotatable bonds is 0. The fourth-order valence-corrected chi connectivity index (χ4v) is 9.55. The Bertz CT molecular complexity index is 848. The van der Waals surface area contributed by atoms with Crippen LogP contribution < -0.4 is 0 Å². The van der Waals surface area contributed by atoms with Crippen molar-refractivity contribution < 1.29 is 9.59 Å². The molecule has 26 heavy (non-hydrogen) atoms. The Morgan fingerprint density at radius 3 is 2.54 bits per heavy atom. The van der Waals surface area contributed by atoms with E-state index >= 15 is 0 Å². The van der Waals surface area contributed by atoms with Crippen LogP contribution in [0, 0.1) is 64.1 Å². The van der Waals surface area contributed by atoms with Gasteiger partial charge in [-0.05, 0) is 67.1 Å². The molecule has 134 valence electrons. The highest BCUT2D eigenvalue weighted by molar-refractivity contribution is 5.97. The van der Waals surface area contributed by atoms with E-state index in [-0.39, 0.29) is 22.7 Å². The zero-order valence-corrected chi connectivity index (χ0v) is 15.3. The summed E-state index contributed by atoms with van der Waals surface area (Å²) in [7, 11) is 0. The van der Waals surface area contributed by atoms with Crippen molar-refractivity contribution in [3.05, 3.63) is 36.5 Å². The number of carbonyl (C=O) groups excluding carboxylic acids is 2. The third-order valence-corrected chi connectivity index (χ3v) is 10.1. The lowest BCUT2D eigenvalue weighted by atomic mass is 9.44. The molecule has 9 aliphatic rings. The molecule has 0 aromatic carbocycles. The van der Waals surface area contributed by atoms with Gasteiger partial charge in [0.15, 0.2) is 0 Å². The van der Waals surface area contributed by atoms with Crippen LogP contribution in [0.4, 0.5) is 0 Å². The molecule has 0 aromatic rings. The van der Waals surface area contributed by atoms with Crippen LogP contribution >= 0.6 is 0 Å². The summed E-state index contributed by atoms with van der Waals surface area (Å²) < 4.78 is 0. The molecule has 2 nitrogen and oxygen atoms in total. The lowest BCUT2D eigenvalue weighted by molar-refractivity contribution is -0.158. The number of hydrogen-bond acceptors (Lipinski definition) is 2. The molecule has 2 heteroatoms. The van der Waals surface area contributed by atoms with E-state index in [4.69, 9.17) is 0 Å². The largest absolute Gasteiger partial charge is 0.299 e. The Labute approximate surface area is 154 Å². The van der Waals surface area contributed by atoms with E-state index in [1.54, 1.807) is 0 Å². The van der Waals surface area contributed by atoms with Gasteiger partial charge < -0.3 is 0 Å². The van der Waals surface area contributed by atoms with Crippen LogP contribution in [0.2, 0.25) is 0 Å². The number of carbonyl (C=O) groups is 2. The second kappa shape index (κ2) is 4.18. The Kier molecular flexibility index (Phi) is 2.35. The van der Waals surface area contributed by atoms with Gasteiger partial charge in [0, 0.05) is 22.7 Å². The van der Waals surface area contributed by atoms with Crippen LogP contribution in [0.1, 0.15) is 32.6 Å². The number of allylic oxidation sites excluding steroid dienone is 6. The smallest absolute Gasteiger partial charge is 0.147 e. The summed E-state index contributed by atoms with van der Waals surface area (Å²) in [6.07, 6.45) is 18.0. The summed E-state index contributed by atoms with van der Waals surface area (Å²) in [5, 5.41) is 0. The molecule has 0 heterocycles. The van der Waals surface area contributed by atoms with Gasteiger partial charge in [0.2, 0.25) is 0 Å². The number of ketones is 2. The molecule has 11 atom stereocenters. The van der Waals surface area contributed by atoms with Gasteiger partial charge in [0.25, 0.3) is 0 Å². The first-order chi connectivity index (χ1) is 12.6. The second-order valence-electron chi connectivity index (χ2n) is 10.6. The molecule has 5 saturated carbocycles. The zero-order valence-electron chi connectivity index (χ0n) is 15.3. The lowest BCUT2D eigenvalue weighted by Gasteiger charge is -2.58. The predicted octanol–water partition coefficient (Wildman–Crippen LogP) is 3.99. The lowest BCUT2D eigenvalue weighted by Crippen LogP contribution is -2.59. The van der Waals surface area contributed by atoms with E-state index in [2.05, 4.69) is 43.4 Å². The fraction of sp³-hybridized carbons (Fsp3) is 0.667. The van der Waals surface area contributed by atoms with Gasteiger partial charge in [0.05, 0.1) is 0 Å². The summed E-state index contributed by atoms with van der Waals surface area (Å²) in [6, 6.07) is 0. The molecule has 0 aromatic heterocycles. The van der Waals surface area contributed by atoms with Gasteiger partial charge >= 0.3 is 0 Å². The Hall–Kier alpha value is -1.44. The highest BCUT2D eigenvalue weighted by atomic mass is 16.1. The van der Waals surface area contributed by atoms with Crippen molar-refractivity contribution in [1.29, 1.82) is 0 Å². The van der Waals surface area contributed by atoms with E-state index in [1.165, 1.54) is 0 Å². The summed E-state index contributed by atoms with van der Waals surface area (Å²) in [4.78, 5) is 27.4. The summed E-state index contributed by atoms with van der Waals surface area (Å²) in [5.41, 5.74) is -0.479. The third-order valence-electron chi connectivity index (χ3n) is 10.1. The molecule has 1 spiro atoms. The van der Waals surface area contributed by atoms with Gasteiger partial charge in [-0.1, -0.05) is 43.4 Å². The zero-order chi connectivity index (χ0) is 17.4. The van der Waals surface area contributed by atoms with E-state index in [0.29, 0.717) is 53.0 Å². The second-order valence-corrected chi connectivity index (χ2v) is 10.6. The van der Waals surface area contributed by atoms with Crippen molar-refractivity contribution in [2.45, 2.75) is 32.6 Å². The molecular weight excluding hydrogens is 320 g/mol. The quantitative estimate of drug-likeness (QED) is 0.622. The molecule has 0 N–H and O–H groups in total. The highest BCUT2D eigenvalue weighted by Gasteiger charge is 2.77. The predicted molar refractivity (Wildman–Crippen MR) is 97.9 cm³/mol. The van der Waals surface area contributed by atoms with Crippen molar-refractivity contribution in [3.8, 4) is 0 Å². The van der Waals surface area contributed by atoms with E-state index < -0.39 is 0 Å². The normalized spacial score (nSPS) is 62.6. The van der Waals surface area contributed by atoms with E-state index in [9.17, 15) is 9.59 Å². The van der Waals surface area contributed by atoms with Gasteiger partial charge in [-0.2, -0.15) is 0 Å². The highest BCUT2D eigenvalue weighted by Crippen LogP contribution is 2.77. The monoisotopic (exact) mass is 346 g/mol.